The minimum Gasteiger partial charge on any atom is -0.355 e. The molecule has 1 aromatic carbocycles. The molecule has 0 aliphatic carbocycles. The van der Waals surface area contributed by atoms with Gasteiger partial charge in [0.1, 0.15) is 0 Å². The van der Waals surface area contributed by atoms with Crippen LogP contribution in [0.3, 0.4) is 0 Å². The van der Waals surface area contributed by atoms with E-state index in [0.29, 0.717) is 17.0 Å². The molecule has 1 aromatic heterocycles. The normalized spacial score (nSPS) is 10.8. The number of hydrogen-bond donors (Lipinski definition) is 1. The summed E-state index contributed by atoms with van der Waals surface area (Å²) in [5.41, 5.74) is 5.12. The number of ketones is 2. The smallest absolute Gasteiger partial charge is 0.189 e. The molecule has 0 amide bonds. The van der Waals surface area contributed by atoms with Crippen molar-refractivity contribution >= 4 is 23.3 Å². The Labute approximate surface area is 135 Å². The van der Waals surface area contributed by atoms with Crippen molar-refractivity contribution in [3.63, 3.8) is 0 Å². The summed E-state index contributed by atoms with van der Waals surface area (Å²) < 4.78 is 0. The molecular weight excluding hydrogens is 294 g/mol. The van der Waals surface area contributed by atoms with Gasteiger partial charge in [0, 0.05) is 16.2 Å². The van der Waals surface area contributed by atoms with E-state index in [1.165, 1.54) is 29.8 Å². The standard InChI is InChI=1S/C18H21NO2S/c1-10-6-7-16(11(2)8-10)22-9-15(21)18-12(3)17(14(5)20)13(4)19-18/h6-8,19H,9H2,1-5H3. The highest BCUT2D eigenvalue weighted by Crippen LogP contribution is 2.25. The van der Waals surface area contributed by atoms with Gasteiger partial charge in [0.2, 0.25) is 0 Å². The van der Waals surface area contributed by atoms with Gasteiger partial charge in [0.05, 0.1) is 11.4 Å². The molecule has 0 spiro atoms. The van der Waals surface area contributed by atoms with E-state index >= 15 is 0 Å². The zero-order valence-corrected chi connectivity index (χ0v) is 14.5. The van der Waals surface area contributed by atoms with Crippen molar-refractivity contribution in [3.05, 3.63) is 51.8 Å². The van der Waals surface area contributed by atoms with Crippen molar-refractivity contribution in [2.45, 2.75) is 39.5 Å². The summed E-state index contributed by atoms with van der Waals surface area (Å²) >= 11 is 1.54. The van der Waals surface area contributed by atoms with Crippen molar-refractivity contribution in [2.75, 3.05) is 5.75 Å². The fourth-order valence-corrected chi connectivity index (χ4v) is 3.62. The molecule has 22 heavy (non-hydrogen) atoms. The Balaban J connectivity index is 2.16. The second kappa shape index (κ2) is 6.53. The average molecular weight is 315 g/mol. The van der Waals surface area contributed by atoms with Crippen molar-refractivity contribution in [3.8, 4) is 0 Å². The summed E-state index contributed by atoms with van der Waals surface area (Å²) in [6.45, 7) is 9.30. The predicted molar refractivity (Wildman–Crippen MR) is 91.2 cm³/mol. The molecule has 0 radical (unpaired) electrons. The first-order valence-corrected chi connectivity index (χ1v) is 8.23. The Morgan fingerprint density at radius 3 is 2.36 bits per heavy atom. The monoisotopic (exact) mass is 315 g/mol. The van der Waals surface area contributed by atoms with Crippen LogP contribution in [-0.2, 0) is 0 Å². The summed E-state index contributed by atoms with van der Waals surface area (Å²) in [5.74, 6) is 0.382. The molecule has 1 N–H and O–H groups in total. The van der Waals surface area contributed by atoms with Gasteiger partial charge in [-0.1, -0.05) is 17.7 Å². The number of rotatable bonds is 5. The number of nitrogens with one attached hydrogen (secondary N) is 1. The molecule has 0 unspecified atom stereocenters. The van der Waals surface area contributed by atoms with Crippen LogP contribution in [-0.4, -0.2) is 22.3 Å². The van der Waals surface area contributed by atoms with Crippen LogP contribution >= 0.6 is 11.8 Å². The zero-order chi connectivity index (χ0) is 16.4. The lowest BCUT2D eigenvalue weighted by molar-refractivity contribution is 0.101. The van der Waals surface area contributed by atoms with Crippen LogP contribution in [0.4, 0.5) is 0 Å². The number of H-pyrrole nitrogens is 1. The lowest BCUT2D eigenvalue weighted by Gasteiger charge is -2.06. The van der Waals surface area contributed by atoms with Crippen LogP contribution in [0.1, 0.15) is 50.2 Å². The van der Waals surface area contributed by atoms with E-state index in [2.05, 4.69) is 37.0 Å². The number of Topliss-reactive ketones (excluding diaryl/α,β-unsaturated/α-hetero) is 2. The molecule has 0 aliphatic heterocycles. The van der Waals surface area contributed by atoms with Crippen molar-refractivity contribution < 1.29 is 9.59 Å². The molecule has 0 aliphatic rings. The highest BCUT2D eigenvalue weighted by molar-refractivity contribution is 8.00. The van der Waals surface area contributed by atoms with Crippen molar-refractivity contribution in [1.82, 2.24) is 4.98 Å². The van der Waals surface area contributed by atoms with E-state index in [-0.39, 0.29) is 11.6 Å². The second-order valence-corrected chi connectivity index (χ2v) is 6.68. The molecule has 2 rings (SSSR count). The van der Waals surface area contributed by atoms with E-state index in [1.54, 1.807) is 0 Å². The summed E-state index contributed by atoms with van der Waals surface area (Å²) in [4.78, 5) is 28.3. The number of carbonyl (C=O) groups excluding carboxylic acids is 2. The van der Waals surface area contributed by atoms with Crippen LogP contribution in [0.25, 0.3) is 0 Å². The third-order valence-corrected chi connectivity index (χ3v) is 4.93. The Kier molecular flexibility index (Phi) is 4.91. The van der Waals surface area contributed by atoms with E-state index in [1.807, 2.05) is 13.8 Å². The largest absolute Gasteiger partial charge is 0.355 e. The Hall–Kier alpha value is -1.81. The highest BCUT2D eigenvalue weighted by Gasteiger charge is 2.19. The average Bonchev–Trinajstić information content (AvgIpc) is 2.72. The SMILES string of the molecule is CC(=O)c1c(C)[nH]c(C(=O)CSc2ccc(C)cc2C)c1C. The van der Waals surface area contributed by atoms with E-state index < -0.39 is 0 Å². The number of carbonyl (C=O) groups is 2. The molecule has 0 bridgehead atoms. The maximum Gasteiger partial charge on any atom is 0.189 e. The molecule has 4 heteroatoms. The molecule has 116 valence electrons. The lowest BCUT2D eigenvalue weighted by Crippen LogP contribution is -2.05. The molecular formula is C18H21NO2S. The Bertz CT molecular complexity index is 744. The summed E-state index contributed by atoms with van der Waals surface area (Å²) in [5, 5.41) is 0. The third kappa shape index (κ3) is 3.33. The van der Waals surface area contributed by atoms with Gasteiger partial charge >= 0.3 is 0 Å². The van der Waals surface area contributed by atoms with E-state index in [0.717, 1.165) is 16.2 Å². The topological polar surface area (TPSA) is 49.9 Å². The summed E-state index contributed by atoms with van der Waals surface area (Å²) in [6, 6.07) is 6.22. The first-order chi connectivity index (χ1) is 10.3. The Morgan fingerprint density at radius 1 is 1.14 bits per heavy atom. The van der Waals surface area contributed by atoms with Gasteiger partial charge in [-0.25, -0.2) is 0 Å². The highest BCUT2D eigenvalue weighted by atomic mass is 32.2. The molecule has 0 saturated carbocycles. The molecule has 0 fully saturated rings. The summed E-state index contributed by atoms with van der Waals surface area (Å²) in [7, 11) is 0. The van der Waals surface area contributed by atoms with Gasteiger partial charge < -0.3 is 4.98 Å². The number of thioether (sulfide) groups is 1. The lowest BCUT2D eigenvalue weighted by atomic mass is 10.1. The minimum atomic E-state index is -0.00710. The predicted octanol–water partition coefficient (Wildman–Crippen LogP) is 4.43. The van der Waals surface area contributed by atoms with Crippen molar-refractivity contribution in [1.29, 1.82) is 0 Å². The quantitative estimate of drug-likeness (QED) is 0.656. The van der Waals surface area contributed by atoms with E-state index in [9.17, 15) is 9.59 Å². The number of benzene rings is 1. The van der Waals surface area contributed by atoms with Gasteiger partial charge in [-0.3, -0.25) is 9.59 Å². The minimum absolute atomic E-state index is 0.00710. The zero-order valence-electron chi connectivity index (χ0n) is 13.7. The molecule has 0 atom stereocenters. The van der Waals surface area contributed by atoms with Crippen LogP contribution in [0.2, 0.25) is 0 Å². The maximum absolute atomic E-state index is 12.4. The molecule has 1 heterocycles. The van der Waals surface area contributed by atoms with E-state index in [4.69, 9.17) is 0 Å². The molecule has 3 nitrogen and oxygen atoms in total. The second-order valence-electron chi connectivity index (χ2n) is 5.66. The van der Waals surface area contributed by atoms with Gasteiger partial charge in [-0.15, -0.1) is 11.8 Å². The summed E-state index contributed by atoms with van der Waals surface area (Å²) in [6.07, 6.45) is 0. The van der Waals surface area contributed by atoms with Crippen molar-refractivity contribution in [2.24, 2.45) is 0 Å². The third-order valence-electron chi connectivity index (χ3n) is 3.76. The Morgan fingerprint density at radius 2 is 1.82 bits per heavy atom. The van der Waals surface area contributed by atoms with Gasteiger partial charge in [0.25, 0.3) is 0 Å². The first-order valence-electron chi connectivity index (χ1n) is 7.24. The van der Waals surface area contributed by atoms with Crippen LogP contribution in [0, 0.1) is 27.7 Å². The fourth-order valence-electron chi connectivity index (χ4n) is 2.73. The van der Waals surface area contributed by atoms with Crippen LogP contribution in [0.15, 0.2) is 23.1 Å². The first kappa shape index (κ1) is 16.6. The number of aromatic nitrogens is 1. The van der Waals surface area contributed by atoms with Gasteiger partial charge in [0.15, 0.2) is 11.6 Å². The molecule has 2 aromatic rings. The number of aryl methyl sites for hydroxylation is 3. The van der Waals surface area contributed by atoms with Gasteiger partial charge in [-0.05, 0) is 51.8 Å². The fraction of sp³-hybridized carbons (Fsp3) is 0.333. The maximum atomic E-state index is 12.4. The molecule has 0 saturated heterocycles. The van der Waals surface area contributed by atoms with Crippen LogP contribution < -0.4 is 0 Å². The number of aromatic amines is 1. The number of hydrogen-bond acceptors (Lipinski definition) is 3. The van der Waals surface area contributed by atoms with Crippen LogP contribution in [0.5, 0.6) is 0 Å². The van der Waals surface area contributed by atoms with Gasteiger partial charge in [-0.2, -0.15) is 0 Å².